The number of hydrogen-bond donors (Lipinski definition) is 0. The molecular weight excluding hydrogens is 200 g/mol. The largest absolute Gasteiger partial charge is 0.342 e. The van der Waals surface area contributed by atoms with Gasteiger partial charge in [0.2, 0.25) is 5.91 Å². The van der Waals surface area contributed by atoms with Gasteiger partial charge in [-0.3, -0.25) is 4.79 Å². The van der Waals surface area contributed by atoms with Crippen molar-refractivity contribution < 1.29 is 4.79 Å². The van der Waals surface area contributed by atoms with Crippen molar-refractivity contribution in [2.45, 2.75) is 38.1 Å². The summed E-state index contributed by atoms with van der Waals surface area (Å²) in [6, 6.07) is 0.747. The highest BCUT2D eigenvalue weighted by molar-refractivity contribution is 5.81. The maximum absolute atomic E-state index is 12.0. The zero-order valence-corrected chi connectivity index (χ0v) is 10.2. The molecule has 0 aromatic rings. The lowest BCUT2D eigenvalue weighted by molar-refractivity contribution is -0.136. The normalized spacial score (nSPS) is 35.9. The molecule has 0 aromatic heterocycles. The Morgan fingerprint density at radius 3 is 2.69 bits per heavy atom. The maximum atomic E-state index is 12.0. The molecule has 3 nitrogen and oxygen atoms in total. The Balaban J connectivity index is 1.63. The van der Waals surface area contributed by atoms with Crippen molar-refractivity contribution in [3.8, 4) is 0 Å². The van der Waals surface area contributed by atoms with Crippen LogP contribution in [0.4, 0.5) is 0 Å². The van der Waals surface area contributed by atoms with Crippen LogP contribution in [0.1, 0.15) is 32.1 Å². The highest BCUT2D eigenvalue weighted by atomic mass is 16.2. The second-order valence-electron chi connectivity index (χ2n) is 5.80. The molecule has 0 radical (unpaired) electrons. The van der Waals surface area contributed by atoms with Crippen LogP contribution in [0, 0.1) is 11.8 Å². The fourth-order valence-electron chi connectivity index (χ4n) is 3.44. The van der Waals surface area contributed by atoms with Crippen LogP contribution in [0.25, 0.3) is 0 Å². The number of piperidine rings is 2. The third-order valence-corrected chi connectivity index (χ3v) is 4.58. The molecule has 2 heterocycles. The van der Waals surface area contributed by atoms with Gasteiger partial charge in [0.15, 0.2) is 0 Å². The molecule has 1 saturated carbocycles. The van der Waals surface area contributed by atoms with Gasteiger partial charge in [0.1, 0.15) is 0 Å². The summed E-state index contributed by atoms with van der Waals surface area (Å²) >= 11 is 0. The van der Waals surface area contributed by atoms with Crippen molar-refractivity contribution in [1.29, 1.82) is 0 Å². The Bertz CT molecular complexity index is 288. The van der Waals surface area contributed by atoms with Gasteiger partial charge < -0.3 is 9.80 Å². The minimum absolute atomic E-state index is 0.401. The quantitative estimate of drug-likeness (QED) is 0.668. The molecule has 2 unspecified atom stereocenters. The average Bonchev–Trinajstić information content (AvgIpc) is 3.12. The Kier molecular flexibility index (Phi) is 2.66. The van der Waals surface area contributed by atoms with E-state index in [1.165, 1.54) is 25.8 Å². The number of carbonyl (C=O) groups is 1. The van der Waals surface area contributed by atoms with E-state index in [9.17, 15) is 4.79 Å². The van der Waals surface area contributed by atoms with Crippen LogP contribution < -0.4 is 0 Å². The van der Waals surface area contributed by atoms with E-state index in [1.807, 2.05) is 0 Å². The molecular formula is C13H22N2O. The summed E-state index contributed by atoms with van der Waals surface area (Å²) in [5, 5.41) is 0. The summed E-state index contributed by atoms with van der Waals surface area (Å²) < 4.78 is 0. The van der Waals surface area contributed by atoms with Crippen LogP contribution in [0.5, 0.6) is 0 Å². The van der Waals surface area contributed by atoms with Crippen molar-refractivity contribution in [1.82, 2.24) is 9.80 Å². The van der Waals surface area contributed by atoms with Crippen molar-refractivity contribution in [2.24, 2.45) is 11.8 Å². The van der Waals surface area contributed by atoms with Crippen LogP contribution in [0.15, 0.2) is 0 Å². The summed E-state index contributed by atoms with van der Waals surface area (Å²) in [7, 11) is 2.25. The highest BCUT2D eigenvalue weighted by Crippen LogP contribution is 2.35. The summed E-state index contributed by atoms with van der Waals surface area (Å²) in [5.41, 5.74) is 0. The number of carbonyl (C=O) groups excluding carboxylic acids is 1. The van der Waals surface area contributed by atoms with Gasteiger partial charge in [0.05, 0.1) is 0 Å². The third kappa shape index (κ3) is 1.86. The van der Waals surface area contributed by atoms with Crippen LogP contribution in [0.2, 0.25) is 0 Å². The van der Waals surface area contributed by atoms with Gasteiger partial charge in [0.25, 0.3) is 0 Å². The summed E-state index contributed by atoms with van der Waals surface area (Å²) in [4.78, 5) is 16.7. The molecule has 1 aliphatic carbocycles. The minimum atomic E-state index is 0.401. The molecule has 0 spiro atoms. The molecule has 3 rings (SSSR count). The highest BCUT2D eigenvalue weighted by Gasteiger charge is 2.39. The topological polar surface area (TPSA) is 23.6 Å². The third-order valence-electron chi connectivity index (χ3n) is 4.58. The second-order valence-corrected chi connectivity index (χ2v) is 5.80. The lowest BCUT2D eigenvalue weighted by Gasteiger charge is -2.46. The van der Waals surface area contributed by atoms with Gasteiger partial charge in [-0.25, -0.2) is 0 Å². The second kappa shape index (κ2) is 4.02. The predicted octanol–water partition coefficient (Wildman–Crippen LogP) is 1.34. The maximum Gasteiger partial charge on any atom is 0.225 e. The molecule has 3 heteroatoms. The van der Waals surface area contributed by atoms with Crippen molar-refractivity contribution in [2.75, 3.05) is 26.7 Å². The van der Waals surface area contributed by atoms with Gasteiger partial charge in [-0.1, -0.05) is 0 Å². The molecule has 3 fully saturated rings. The first-order chi connectivity index (χ1) is 7.75. The fraction of sp³-hybridized carbons (Fsp3) is 0.923. The van der Waals surface area contributed by atoms with Crippen LogP contribution in [-0.4, -0.2) is 48.4 Å². The van der Waals surface area contributed by atoms with Crippen LogP contribution >= 0.6 is 0 Å². The molecule has 16 heavy (non-hydrogen) atoms. The average molecular weight is 222 g/mol. The number of amides is 1. The predicted molar refractivity (Wildman–Crippen MR) is 63.1 cm³/mol. The Hall–Kier alpha value is -0.570. The fourth-order valence-corrected chi connectivity index (χ4v) is 3.44. The lowest BCUT2D eigenvalue weighted by Crippen LogP contribution is -2.54. The Morgan fingerprint density at radius 2 is 1.94 bits per heavy atom. The van der Waals surface area contributed by atoms with E-state index in [1.54, 1.807) is 0 Å². The molecule has 0 aromatic carbocycles. The summed E-state index contributed by atoms with van der Waals surface area (Å²) in [6.45, 7) is 3.28. The van der Waals surface area contributed by atoms with E-state index >= 15 is 0 Å². The molecule has 0 N–H and O–H groups in total. The van der Waals surface area contributed by atoms with Crippen LogP contribution in [0.3, 0.4) is 0 Å². The molecule has 2 saturated heterocycles. The summed E-state index contributed by atoms with van der Waals surface area (Å²) in [5.74, 6) is 1.60. The standard InChI is InChI=1S/C13H22N2O/c1-14-7-2-3-11-9-15(8-6-12(11)14)13(16)10-4-5-10/h10-12H,2-9H2,1H3. The first kappa shape index (κ1) is 10.6. The molecule has 3 aliphatic rings. The van der Waals surface area contributed by atoms with Crippen LogP contribution in [-0.2, 0) is 4.79 Å². The zero-order chi connectivity index (χ0) is 11.1. The van der Waals surface area contributed by atoms with E-state index in [2.05, 4.69) is 16.8 Å². The van der Waals surface area contributed by atoms with Gasteiger partial charge in [-0.2, -0.15) is 0 Å². The van der Waals surface area contributed by atoms with E-state index in [4.69, 9.17) is 0 Å². The molecule has 1 amide bonds. The molecule has 2 aliphatic heterocycles. The SMILES string of the molecule is CN1CCCC2CN(C(=O)C3CC3)CCC21. The number of hydrogen-bond acceptors (Lipinski definition) is 2. The Labute approximate surface area is 97.8 Å². The molecule has 0 bridgehead atoms. The minimum Gasteiger partial charge on any atom is -0.342 e. The van der Waals surface area contributed by atoms with E-state index < -0.39 is 0 Å². The summed E-state index contributed by atoms with van der Waals surface area (Å²) in [6.07, 6.45) is 6.11. The number of nitrogens with zero attached hydrogens (tertiary/aromatic N) is 2. The van der Waals surface area contributed by atoms with Crippen molar-refractivity contribution in [3.63, 3.8) is 0 Å². The van der Waals surface area contributed by atoms with E-state index in [0.29, 0.717) is 11.8 Å². The molecule has 2 atom stereocenters. The molecule has 90 valence electrons. The van der Waals surface area contributed by atoms with Gasteiger partial charge in [-0.05, 0) is 51.6 Å². The van der Waals surface area contributed by atoms with E-state index in [-0.39, 0.29) is 0 Å². The smallest absolute Gasteiger partial charge is 0.225 e. The lowest BCUT2D eigenvalue weighted by atomic mass is 9.84. The van der Waals surface area contributed by atoms with Gasteiger partial charge >= 0.3 is 0 Å². The zero-order valence-electron chi connectivity index (χ0n) is 10.2. The van der Waals surface area contributed by atoms with Crippen molar-refractivity contribution in [3.05, 3.63) is 0 Å². The van der Waals surface area contributed by atoms with Gasteiger partial charge in [0, 0.05) is 25.0 Å². The number of fused-ring (bicyclic) bond motifs is 1. The Morgan fingerprint density at radius 1 is 1.12 bits per heavy atom. The monoisotopic (exact) mass is 222 g/mol. The number of likely N-dealkylation sites (tertiary alicyclic amines) is 2. The first-order valence-electron chi connectivity index (χ1n) is 6.75. The van der Waals surface area contributed by atoms with Gasteiger partial charge in [-0.15, -0.1) is 0 Å². The van der Waals surface area contributed by atoms with E-state index in [0.717, 1.165) is 37.9 Å². The van der Waals surface area contributed by atoms with Crippen molar-refractivity contribution >= 4 is 5.91 Å². The first-order valence-corrected chi connectivity index (χ1v) is 6.75. The number of rotatable bonds is 1.